The van der Waals surface area contributed by atoms with Crippen LogP contribution in [0.4, 0.5) is 0 Å². The molecule has 0 heterocycles. The molecule has 0 N–H and O–H groups in total. The van der Waals surface area contributed by atoms with Gasteiger partial charge < -0.3 is 0 Å². The lowest BCUT2D eigenvalue weighted by atomic mass is 10.0. The Morgan fingerprint density at radius 3 is 2.67 bits per heavy atom. The van der Waals surface area contributed by atoms with Gasteiger partial charge in [-0.1, -0.05) is 26.7 Å². The highest BCUT2D eigenvalue weighted by Crippen LogP contribution is 2.22. The molecule has 0 radical (unpaired) electrons. The van der Waals surface area contributed by atoms with Gasteiger partial charge in [0.1, 0.15) is 0 Å². The van der Waals surface area contributed by atoms with E-state index in [1.807, 2.05) is 0 Å². The molecule has 3 atom stereocenters. The van der Waals surface area contributed by atoms with E-state index in [-0.39, 0.29) is 0 Å². The summed E-state index contributed by atoms with van der Waals surface area (Å²) in [4.78, 5) is 0. The van der Waals surface area contributed by atoms with E-state index in [0.29, 0.717) is 0 Å². The van der Waals surface area contributed by atoms with Crippen LogP contribution in [0.1, 0.15) is 33.1 Å². The SMILES string of the molecule is CCC(C)CCCPP. The van der Waals surface area contributed by atoms with Crippen molar-refractivity contribution in [1.29, 1.82) is 0 Å². The minimum Gasteiger partial charge on any atom is -0.114 e. The van der Waals surface area contributed by atoms with Gasteiger partial charge in [-0.15, -0.1) is 17.2 Å². The van der Waals surface area contributed by atoms with Gasteiger partial charge in [0.25, 0.3) is 0 Å². The molecule has 0 saturated carbocycles. The first kappa shape index (κ1) is 9.86. The van der Waals surface area contributed by atoms with Crippen LogP contribution < -0.4 is 0 Å². The molecule has 0 amide bonds. The molecule has 0 aliphatic carbocycles. The van der Waals surface area contributed by atoms with E-state index in [0.717, 1.165) is 14.2 Å². The van der Waals surface area contributed by atoms with E-state index in [1.54, 1.807) is 0 Å². The van der Waals surface area contributed by atoms with Crippen LogP contribution in [0.5, 0.6) is 0 Å². The maximum Gasteiger partial charge on any atom is -0.0319 e. The summed E-state index contributed by atoms with van der Waals surface area (Å²) in [7, 11) is 3.88. The number of hydrogen-bond acceptors (Lipinski definition) is 0. The molecule has 0 aliphatic heterocycles. The average Bonchev–Trinajstić information content (AvgIpc) is 1.89. The predicted octanol–water partition coefficient (Wildman–Crippen LogP) is 3.28. The highest BCUT2D eigenvalue weighted by atomic mass is 32.0. The van der Waals surface area contributed by atoms with Gasteiger partial charge in [0.05, 0.1) is 0 Å². The fraction of sp³-hybridized carbons (Fsp3) is 1.00. The van der Waals surface area contributed by atoms with E-state index in [2.05, 4.69) is 22.8 Å². The van der Waals surface area contributed by atoms with Crippen molar-refractivity contribution in [1.82, 2.24) is 0 Å². The van der Waals surface area contributed by atoms with Crippen molar-refractivity contribution >= 4 is 17.2 Å². The van der Waals surface area contributed by atoms with Crippen LogP contribution >= 0.6 is 17.2 Å². The average molecular weight is 164 g/mol. The second-order valence-electron chi connectivity index (χ2n) is 2.61. The van der Waals surface area contributed by atoms with Crippen molar-refractivity contribution < 1.29 is 0 Å². The Labute approximate surface area is 63.1 Å². The van der Waals surface area contributed by atoms with Crippen molar-refractivity contribution in [2.45, 2.75) is 33.1 Å². The summed E-state index contributed by atoms with van der Waals surface area (Å²) in [6, 6.07) is 0. The zero-order valence-electron chi connectivity index (χ0n) is 6.48. The highest BCUT2D eigenvalue weighted by Gasteiger charge is 1.95. The summed E-state index contributed by atoms with van der Waals surface area (Å²) in [6.45, 7) is 4.61. The van der Waals surface area contributed by atoms with Crippen molar-refractivity contribution in [3.05, 3.63) is 0 Å². The number of hydrogen-bond donors (Lipinski definition) is 0. The molecule has 0 fully saturated rings. The van der Waals surface area contributed by atoms with Crippen LogP contribution in [0, 0.1) is 5.92 Å². The first-order valence-electron chi connectivity index (χ1n) is 3.74. The van der Waals surface area contributed by atoms with Gasteiger partial charge in [0.15, 0.2) is 0 Å². The Bertz CT molecular complexity index is 54.9. The molecule has 0 aromatic carbocycles. The molecule has 9 heavy (non-hydrogen) atoms. The first-order chi connectivity index (χ1) is 4.31. The third-order valence-corrected chi connectivity index (χ3v) is 3.22. The van der Waals surface area contributed by atoms with E-state index in [4.69, 9.17) is 0 Å². The lowest BCUT2D eigenvalue weighted by Gasteiger charge is -2.05. The van der Waals surface area contributed by atoms with Gasteiger partial charge in [0.2, 0.25) is 0 Å². The highest BCUT2D eigenvalue weighted by molar-refractivity contribution is 8.02. The molecule has 0 rings (SSSR count). The monoisotopic (exact) mass is 164 g/mol. The quantitative estimate of drug-likeness (QED) is 0.432. The fourth-order valence-electron chi connectivity index (χ4n) is 0.757. The molecule has 0 aromatic rings. The van der Waals surface area contributed by atoms with Crippen LogP contribution in [-0.4, -0.2) is 6.16 Å². The Morgan fingerprint density at radius 1 is 1.56 bits per heavy atom. The molecule has 0 saturated heterocycles. The minimum absolute atomic E-state index is 0.950. The summed E-state index contributed by atoms with van der Waals surface area (Å²) >= 11 is 0. The fourth-order valence-corrected chi connectivity index (χ4v) is 1.78. The van der Waals surface area contributed by atoms with Crippen LogP contribution in [-0.2, 0) is 0 Å². The Hall–Kier alpha value is 0.860. The van der Waals surface area contributed by atoms with Gasteiger partial charge in [-0.2, -0.15) is 0 Å². The maximum atomic E-state index is 2.80. The van der Waals surface area contributed by atoms with Crippen LogP contribution in [0.25, 0.3) is 0 Å². The lowest BCUT2D eigenvalue weighted by Crippen LogP contribution is -1.91. The molecule has 0 spiro atoms. The zero-order valence-corrected chi connectivity index (χ0v) is 8.64. The topological polar surface area (TPSA) is 0 Å². The van der Waals surface area contributed by atoms with Gasteiger partial charge in [-0.25, -0.2) is 0 Å². The van der Waals surface area contributed by atoms with E-state index >= 15 is 0 Å². The summed E-state index contributed by atoms with van der Waals surface area (Å²) in [5.74, 6) is 0.950. The van der Waals surface area contributed by atoms with Crippen LogP contribution in [0.15, 0.2) is 0 Å². The normalized spacial score (nSPS) is 15.0. The Balaban J connectivity index is 2.88. The molecule has 2 heteroatoms. The Kier molecular flexibility index (Phi) is 7.64. The lowest BCUT2D eigenvalue weighted by molar-refractivity contribution is 0.511. The zero-order chi connectivity index (χ0) is 7.11. The van der Waals surface area contributed by atoms with Gasteiger partial charge in [-0.05, 0) is 18.5 Å². The second kappa shape index (κ2) is 6.97. The molecule has 0 nitrogen and oxygen atoms in total. The summed E-state index contributed by atoms with van der Waals surface area (Å²) in [5.41, 5.74) is 0. The van der Waals surface area contributed by atoms with Crippen molar-refractivity contribution in [2.24, 2.45) is 5.92 Å². The van der Waals surface area contributed by atoms with Crippen LogP contribution in [0.2, 0.25) is 0 Å². The van der Waals surface area contributed by atoms with E-state index in [1.165, 1.54) is 25.4 Å². The molecular formula is C7H18P2. The molecule has 0 bridgehead atoms. The molecule has 56 valence electrons. The van der Waals surface area contributed by atoms with E-state index in [9.17, 15) is 0 Å². The Morgan fingerprint density at radius 2 is 2.22 bits per heavy atom. The second-order valence-corrected chi connectivity index (χ2v) is 4.74. The molecular weight excluding hydrogens is 146 g/mol. The summed E-state index contributed by atoms with van der Waals surface area (Å²) in [5, 5.41) is 0. The van der Waals surface area contributed by atoms with Gasteiger partial charge >= 0.3 is 0 Å². The summed E-state index contributed by atoms with van der Waals surface area (Å²) in [6.07, 6.45) is 5.61. The van der Waals surface area contributed by atoms with Crippen LogP contribution in [0.3, 0.4) is 0 Å². The van der Waals surface area contributed by atoms with Gasteiger partial charge in [0, 0.05) is 0 Å². The molecule has 0 aliphatic rings. The van der Waals surface area contributed by atoms with Crippen molar-refractivity contribution in [2.75, 3.05) is 6.16 Å². The summed E-state index contributed by atoms with van der Waals surface area (Å²) < 4.78 is 0. The third kappa shape index (κ3) is 6.75. The maximum absolute atomic E-state index is 2.80. The first-order valence-corrected chi connectivity index (χ1v) is 6.76. The van der Waals surface area contributed by atoms with E-state index < -0.39 is 0 Å². The van der Waals surface area contributed by atoms with Crippen molar-refractivity contribution in [3.8, 4) is 0 Å². The number of rotatable bonds is 5. The minimum atomic E-state index is 0.950. The van der Waals surface area contributed by atoms with Gasteiger partial charge in [-0.3, -0.25) is 0 Å². The van der Waals surface area contributed by atoms with Crippen molar-refractivity contribution in [3.63, 3.8) is 0 Å². The predicted molar refractivity (Wildman–Crippen MR) is 51.6 cm³/mol. The largest absolute Gasteiger partial charge is 0.114 e. The smallest absolute Gasteiger partial charge is 0.0319 e. The molecule has 0 aromatic heterocycles. The molecule has 3 unspecified atom stereocenters. The standard InChI is InChI=1S/C7H18P2/c1-3-7(2)5-4-6-9-8/h7,9H,3-6,8H2,1-2H3. The third-order valence-electron chi connectivity index (χ3n) is 1.71.